The number of rotatable bonds is 6. The van der Waals surface area contributed by atoms with Gasteiger partial charge in [0.1, 0.15) is 0 Å². The predicted molar refractivity (Wildman–Crippen MR) is 73.2 cm³/mol. The number of hydrogen-bond acceptors (Lipinski definition) is 4. The predicted octanol–water partition coefficient (Wildman–Crippen LogP) is 0.571. The molecule has 0 heterocycles. The Hall–Kier alpha value is -1.21. The van der Waals surface area contributed by atoms with Crippen molar-refractivity contribution in [2.45, 2.75) is 30.9 Å². The van der Waals surface area contributed by atoms with Crippen LogP contribution in [0, 0.1) is 6.92 Å². The summed E-state index contributed by atoms with van der Waals surface area (Å²) in [6.45, 7) is 3.07. The van der Waals surface area contributed by atoms with Crippen molar-refractivity contribution < 1.29 is 18.6 Å². The van der Waals surface area contributed by atoms with Gasteiger partial charge < -0.3 is 10.2 Å². The highest BCUT2D eigenvalue weighted by Gasteiger charge is 2.23. The summed E-state index contributed by atoms with van der Waals surface area (Å²) in [6.07, 6.45) is 1.93. The normalized spacial score (nSPS) is 15.6. The van der Waals surface area contributed by atoms with E-state index in [9.17, 15) is 13.5 Å². The van der Waals surface area contributed by atoms with Crippen LogP contribution in [0.15, 0.2) is 41.3 Å². The van der Waals surface area contributed by atoms with E-state index in [0.29, 0.717) is 0 Å². The highest BCUT2D eigenvalue weighted by molar-refractivity contribution is 7.89. The number of aliphatic hydroxyl groups is 2. The molecule has 0 fully saturated rings. The Labute approximate surface area is 113 Å². The molecule has 0 saturated carbocycles. The zero-order chi connectivity index (χ0) is 14.5. The van der Waals surface area contributed by atoms with Gasteiger partial charge in [-0.1, -0.05) is 29.8 Å². The number of allylic oxidation sites excluding steroid dienone is 1. The number of sulfonamides is 1. The Bertz CT molecular complexity index is 522. The number of hydrogen-bond donors (Lipinski definition) is 3. The standard InChI is InChI=1S/C13H19NO4S/c1-3-4-13(16)12(9-15)14-19(17,18)11-7-5-10(2)6-8-11/h3-8,12-16H,9H2,1-2H3/b4-3+/t12-,13+/m0/s1. The lowest BCUT2D eigenvalue weighted by molar-refractivity contribution is 0.135. The van der Waals surface area contributed by atoms with Crippen LogP contribution >= 0.6 is 0 Å². The lowest BCUT2D eigenvalue weighted by Crippen LogP contribution is -2.44. The molecule has 0 aliphatic heterocycles. The Morgan fingerprint density at radius 1 is 1.32 bits per heavy atom. The fourth-order valence-electron chi connectivity index (χ4n) is 1.53. The molecule has 0 amide bonds. The summed E-state index contributed by atoms with van der Waals surface area (Å²) in [4.78, 5) is 0.101. The molecule has 1 aromatic carbocycles. The summed E-state index contributed by atoms with van der Waals surface area (Å²) >= 11 is 0. The Morgan fingerprint density at radius 3 is 2.37 bits per heavy atom. The minimum Gasteiger partial charge on any atom is -0.395 e. The van der Waals surface area contributed by atoms with Crippen LogP contribution in [0.25, 0.3) is 0 Å². The quantitative estimate of drug-likeness (QED) is 0.667. The van der Waals surface area contributed by atoms with E-state index in [1.165, 1.54) is 18.2 Å². The molecule has 0 radical (unpaired) electrons. The molecule has 106 valence electrons. The van der Waals surface area contributed by atoms with E-state index in [4.69, 9.17) is 5.11 Å². The fourth-order valence-corrected chi connectivity index (χ4v) is 2.77. The largest absolute Gasteiger partial charge is 0.395 e. The van der Waals surface area contributed by atoms with Gasteiger partial charge in [-0.05, 0) is 26.0 Å². The fraction of sp³-hybridized carbons (Fsp3) is 0.385. The average molecular weight is 285 g/mol. The van der Waals surface area contributed by atoms with Crippen LogP contribution in [0.2, 0.25) is 0 Å². The van der Waals surface area contributed by atoms with Gasteiger partial charge in [-0.15, -0.1) is 0 Å². The van der Waals surface area contributed by atoms with E-state index in [2.05, 4.69) is 4.72 Å². The average Bonchev–Trinajstić information content (AvgIpc) is 2.36. The van der Waals surface area contributed by atoms with Gasteiger partial charge in [0.2, 0.25) is 10.0 Å². The molecule has 0 aromatic heterocycles. The zero-order valence-electron chi connectivity index (χ0n) is 10.9. The number of benzene rings is 1. The maximum absolute atomic E-state index is 12.1. The second kappa shape index (κ2) is 6.81. The molecule has 0 saturated heterocycles. The molecule has 3 N–H and O–H groups in total. The van der Waals surface area contributed by atoms with Gasteiger partial charge in [0.15, 0.2) is 0 Å². The third-order valence-corrected chi connectivity index (χ3v) is 4.14. The van der Waals surface area contributed by atoms with Crippen molar-refractivity contribution >= 4 is 10.0 Å². The van der Waals surface area contributed by atoms with Crippen molar-refractivity contribution in [3.63, 3.8) is 0 Å². The van der Waals surface area contributed by atoms with E-state index in [1.54, 1.807) is 25.1 Å². The summed E-state index contributed by atoms with van der Waals surface area (Å²) < 4.78 is 26.4. The van der Waals surface area contributed by atoms with E-state index in [0.717, 1.165) is 5.56 Å². The lowest BCUT2D eigenvalue weighted by atomic mass is 10.2. The summed E-state index contributed by atoms with van der Waals surface area (Å²) in [7, 11) is -3.76. The van der Waals surface area contributed by atoms with Gasteiger partial charge in [0.05, 0.1) is 23.6 Å². The Morgan fingerprint density at radius 2 is 1.89 bits per heavy atom. The second-order valence-corrected chi connectivity index (χ2v) is 5.95. The van der Waals surface area contributed by atoms with Crippen molar-refractivity contribution in [3.05, 3.63) is 42.0 Å². The van der Waals surface area contributed by atoms with Crippen LogP contribution in [0.3, 0.4) is 0 Å². The number of aliphatic hydroxyl groups excluding tert-OH is 2. The first-order valence-electron chi connectivity index (χ1n) is 5.91. The monoisotopic (exact) mass is 285 g/mol. The van der Waals surface area contributed by atoms with Crippen molar-refractivity contribution in [1.82, 2.24) is 4.72 Å². The molecule has 0 aliphatic rings. The highest BCUT2D eigenvalue weighted by atomic mass is 32.2. The molecule has 19 heavy (non-hydrogen) atoms. The van der Waals surface area contributed by atoms with Crippen LogP contribution < -0.4 is 4.72 Å². The SMILES string of the molecule is C/C=C/[C@@H](O)[C@H](CO)NS(=O)(=O)c1ccc(C)cc1. The molecule has 0 bridgehead atoms. The van der Waals surface area contributed by atoms with Crippen molar-refractivity contribution in [2.75, 3.05) is 6.61 Å². The van der Waals surface area contributed by atoms with E-state index in [-0.39, 0.29) is 4.90 Å². The molecule has 6 heteroatoms. The van der Waals surface area contributed by atoms with Crippen LogP contribution in [0.1, 0.15) is 12.5 Å². The minimum atomic E-state index is -3.76. The van der Waals surface area contributed by atoms with Crippen LogP contribution in [0.4, 0.5) is 0 Å². The first kappa shape index (κ1) is 15.8. The molecular weight excluding hydrogens is 266 g/mol. The van der Waals surface area contributed by atoms with Gasteiger partial charge in [-0.3, -0.25) is 0 Å². The molecule has 0 spiro atoms. The molecular formula is C13H19NO4S. The summed E-state index contributed by atoms with van der Waals surface area (Å²) in [5.74, 6) is 0. The molecule has 0 unspecified atom stereocenters. The van der Waals surface area contributed by atoms with Crippen LogP contribution in [0.5, 0.6) is 0 Å². The lowest BCUT2D eigenvalue weighted by Gasteiger charge is -2.19. The highest BCUT2D eigenvalue weighted by Crippen LogP contribution is 2.11. The maximum atomic E-state index is 12.1. The van der Waals surface area contributed by atoms with E-state index in [1.807, 2.05) is 6.92 Å². The minimum absolute atomic E-state index is 0.101. The topological polar surface area (TPSA) is 86.6 Å². The van der Waals surface area contributed by atoms with Crippen molar-refractivity contribution in [3.8, 4) is 0 Å². The Balaban J connectivity index is 2.92. The Kier molecular flexibility index (Phi) is 5.68. The van der Waals surface area contributed by atoms with Crippen LogP contribution in [-0.4, -0.2) is 37.4 Å². The maximum Gasteiger partial charge on any atom is 0.240 e. The van der Waals surface area contributed by atoms with E-state index >= 15 is 0 Å². The third kappa shape index (κ3) is 4.43. The molecule has 5 nitrogen and oxygen atoms in total. The first-order chi connectivity index (χ1) is 8.90. The summed E-state index contributed by atoms with van der Waals surface area (Å²) in [5.41, 5.74) is 0.951. The van der Waals surface area contributed by atoms with Gasteiger partial charge in [-0.25, -0.2) is 13.1 Å². The van der Waals surface area contributed by atoms with Crippen LogP contribution in [-0.2, 0) is 10.0 Å². The first-order valence-corrected chi connectivity index (χ1v) is 7.39. The summed E-state index contributed by atoms with van der Waals surface area (Å²) in [5, 5.41) is 18.8. The van der Waals surface area contributed by atoms with E-state index < -0.39 is 28.8 Å². The molecule has 1 aromatic rings. The number of nitrogens with one attached hydrogen (secondary N) is 1. The van der Waals surface area contributed by atoms with Crippen molar-refractivity contribution in [1.29, 1.82) is 0 Å². The van der Waals surface area contributed by atoms with Crippen molar-refractivity contribution in [2.24, 2.45) is 0 Å². The molecule has 0 aliphatic carbocycles. The van der Waals surface area contributed by atoms with Gasteiger partial charge >= 0.3 is 0 Å². The zero-order valence-corrected chi connectivity index (χ0v) is 11.8. The molecule has 2 atom stereocenters. The smallest absolute Gasteiger partial charge is 0.240 e. The number of aryl methyl sites for hydroxylation is 1. The third-order valence-electron chi connectivity index (χ3n) is 2.64. The second-order valence-electron chi connectivity index (χ2n) is 4.24. The van der Waals surface area contributed by atoms with Gasteiger partial charge in [0, 0.05) is 0 Å². The van der Waals surface area contributed by atoms with Gasteiger partial charge in [0.25, 0.3) is 0 Å². The molecule has 1 rings (SSSR count). The van der Waals surface area contributed by atoms with Gasteiger partial charge in [-0.2, -0.15) is 0 Å². The summed E-state index contributed by atoms with van der Waals surface area (Å²) in [6, 6.07) is 5.36.